The van der Waals surface area contributed by atoms with Crippen molar-refractivity contribution in [3.05, 3.63) is 0 Å². The second-order valence-electron chi connectivity index (χ2n) is 5.44. The Bertz CT molecular complexity index is 252. The molecule has 2 heteroatoms. The molecule has 1 nitrogen and oxygen atoms in total. The summed E-state index contributed by atoms with van der Waals surface area (Å²) in [6, 6.07) is 0. The zero-order valence-corrected chi connectivity index (χ0v) is 12.4. The number of carbonyl (C=O) groups is 1. The van der Waals surface area contributed by atoms with E-state index in [0.29, 0.717) is 6.42 Å². The van der Waals surface area contributed by atoms with Crippen molar-refractivity contribution in [1.29, 1.82) is 0 Å². The van der Waals surface area contributed by atoms with E-state index in [1.165, 1.54) is 32.1 Å². The fraction of sp³-hybridized carbons (Fsp3) is 0.786. The fourth-order valence-corrected chi connectivity index (χ4v) is 1.90. The molecule has 0 aromatic carbocycles. The molecule has 0 heterocycles. The van der Waals surface area contributed by atoms with Crippen LogP contribution in [0.5, 0.6) is 0 Å². The van der Waals surface area contributed by atoms with E-state index in [9.17, 15) is 4.79 Å². The van der Waals surface area contributed by atoms with Gasteiger partial charge in [0.2, 0.25) is 5.78 Å². The van der Waals surface area contributed by atoms with Gasteiger partial charge < -0.3 is 0 Å². The number of unbranched alkanes of at least 4 members (excludes halogenated alkanes) is 5. The Balaban J connectivity index is 3.54. The second-order valence-corrected chi connectivity index (χ2v) is 10.2. The van der Waals surface area contributed by atoms with Crippen LogP contribution in [0.4, 0.5) is 0 Å². The van der Waals surface area contributed by atoms with Crippen molar-refractivity contribution < 1.29 is 4.79 Å². The topological polar surface area (TPSA) is 17.1 Å². The minimum Gasteiger partial charge on any atom is -0.285 e. The van der Waals surface area contributed by atoms with Gasteiger partial charge in [-0.1, -0.05) is 58.7 Å². The Morgan fingerprint density at radius 3 is 2.12 bits per heavy atom. The Hall–Kier alpha value is -0.553. The van der Waals surface area contributed by atoms with Crippen LogP contribution in [0.2, 0.25) is 19.6 Å². The molecule has 0 spiro atoms. The smallest absolute Gasteiger partial charge is 0.204 e. The Kier molecular flexibility index (Phi) is 8.29. The monoisotopic (exact) mass is 238 g/mol. The average Bonchev–Trinajstić information content (AvgIpc) is 2.19. The first-order chi connectivity index (χ1) is 7.45. The highest BCUT2D eigenvalue weighted by atomic mass is 28.3. The van der Waals surface area contributed by atoms with Crippen molar-refractivity contribution in [3.63, 3.8) is 0 Å². The SMILES string of the molecule is CCCCCCCCC(=O)C#C[Si](C)(C)C. The lowest BCUT2D eigenvalue weighted by Gasteiger charge is -2.03. The van der Waals surface area contributed by atoms with Crippen molar-refractivity contribution in [2.45, 2.75) is 71.5 Å². The number of Topliss-reactive ketones (excluding diaryl/α,β-unsaturated/α-hetero) is 1. The maximum absolute atomic E-state index is 11.4. The van der Waals surface area contributed by atoms with E-state index in [-0.39, 0.29) is 5.78 Å². The summed E-state index contributed by atoms with van der Waals surface area (Å²) in [7, 11) is -1.37. The first kappa shape index (κ1) is 15.4. The van der Waals surface area contributed by atoms with Gasteiger partial charge >= 0.3 is 0 Å². The van der Waals surface area contributed by atoms with E-state index >= 15 is 0 Å². The molecular formula is C14H26OSi. The highest BCUT2D eigenvalue weighted by molar-refractivity contribution is 6.84. The molecule has 0 N–H and O–H groups in total. The summed E-state index contributed by atoms with van der Waals surface area (Å²) in [6.07, 6.45) is 8.03. The number of hydrogen-bond acceptors (Lipinski definition) is 1. The molecule has 0 unspecified atom stereocenters. The largest absolute Gasteiger partial charge is 0.285 e. The number of hydrogen-bond donors (Lipinski definition) is 0. The lowest BCUT2D eigenvalue weighted by Crippen LogP contribution is -2.17. The lowest BCUT2D eigenvalue weighted by atomic mass is 10.1. The number of carbonyl (C=O) groups excluding carboxylic acids is 1. The summed E-state index contributed by atoms with van der Waals surface area (Å²) < 4.78 is 0. The van der Waals surface area contributed by atoms with Crippen molar-refractivity contribution in [2.75, 3.05) is 0 Å². The van der Waals surface area contributed by atoms with E-state index in [1.807, 2.05) is 0 Å². The number of rotatable bonds is 7. The van der Waals surface area contributed by atoms with Crippen LogP contribution in [0, 0.1) is 11.5 Å². The molecule has 0 aliphatic heterocycles. The van der Waals surface area contributed by atoms with Gasteiger partial charge in [0.15, 0.2) is 0 Å². The minimum atomic E-state index is -1.37. The first-order valence-corrected chi connectivity index (χ1v) is 10.0. The normalized spacial score (nSPS) is 10.8. The maximum atomic E-state index is 11.4. The third kappa shape index (κ3) is 11.5. The lowest BCUT2D eigenvalue weighted by molar-refractivity contribution is -0.113. The molecule has 0 saturated carbocycles. The van der Waals surface area contributed by atoms with Gasteiger partial charge in [0.05, 0.1) is 0 Å². The predicted octanol–water partition coefficient (Wildman–Crippen LogP) is 4.19. The summed E-state index contributed by atoms with van der Waals surface area (Å²) in [5.74, 6) is 2.93. The van der Waals surface area contributed by atoms with E-state index in [2.05, 4.69) is 38.0 Å². The van der Waals surface area contributed by atoms with E-state index < -0.39 is 8.07 Å². The third-order valence-electron chi connectivity index (χ3n) is 2.33. The zero-order chi connectivity index (χ0) is 12.4. The molecule has 0 atom stereocenters. The van der Waals surface area contributed by atoms with Gasteiger partial charge in [0, 0.05) is 6.42 Å². The Labute approximate surface area is 102 Å². The molecule has 0 rings (SSSR count). The molecule has 16 heavy (non-hydrogen) atoms. The van der Waals surface area contributed by atoms with E-state index in [0.717, 1.165) is 6.42 Å². The van der Waals surface area contributed by atoms with Gasteiger partial charge in [0.1, 0.15) is 8.07 Å². The van der Waals surface area contributed by atoms with E-state index in [1.54, 1.807) is 0 Å². The molecular weight excluding hydrogens is 212 g/mol. The van der Waals surface area contributed by atoms with Gasteiger partial charge in [-0.15, -0.1) is 5.54 Å². The second kappa shape index (κ2) is 8.58. The quantitative estimate of drug-likeness (QED) is 0.369. The standard InChI is InChI=1S/C14H26OSi/c1-5-6-7-8-9-10-11-14(15)12-13-16(2,3)4/h5-11H2,1-4H3. The summed E-state index contributed by atoms with van der Waals surface area (Å²) in [4.78, 5) is 11.4. The maximum Gasteiger partial charge on any atom is 0.204 e. The highest BCUT2D eigenvalue weighted by Gasteiger charge is 2.08. The fourth-order valence-electron chi connectivity index (χ4n) is 1.39. The molecule has 0 bridgehead atoms. The third-order valence-corrected chi connectivity index (χ3v) is 3.21. The summed E-state index contributed by atoms with van der Waals surface area (Å²) in [5.41, 5.74) is 3.12. The van der Waals surface area contributed by atoms with Gasteiger partial charge in [-0.25, -0.2) is 0 Å². The van der Waals surface area contributed by atoms with Gasteiger partial charge in [-0.05, 0) is 12.3 Å². The zero-order valence-electron chi connectivity index (χ0n) is 11.4. The first-order valence-electron chi connectivity index (χ1n) is 6.51. The molecule has 0 amide bonds. The van der Waals surface area contributed by atoms with Crippen LogP contribution < -0.4 is 0 Å². The number of ketones is 1. The molecule has 0 aromatic heterocycles. The van der Waals surface area contributed by atoms with Crippen molar-refractivity contribution >= 4 is 13.9 Å². The highest BCUT2D eigenvalue weighted by Crippen LogP contribution is 2.07. The van der Waals surface area contributed by atoms with Gasteiger partial charge in [0.25, 0.3) is 0 Å². The molecule has 0 radical (unpaired) electrons. The predicted molar refractivity (Wildman–Crippen MR) is 74.1 cm³/mol. The minimum absolute atomic E-state index is 0.137. The van der Waals surface area contributed by atoms with E-state index in [4.69, 9.17) is 0 Å². The van der Waals surface area contributed by atoms with Crippen LogP contribution in [-0.4, -0.2) is 13.9 Å². The van der Waals surface area contributed by atoms with Crippen LogP contribution in [-0.2, 0) is 4.79 Å². The Morgan fingerprint density at radius 2 is 1.56 bits per heavy atom. The summed E-state index contributed by atoms with van der Waals surface area (Å²) in [5, 5.41) is 0. The van der Waals surface area contributed by atoms with Crippen LogP contribution >= 0.6 is 0 Å². The molecule has 0 saturated heterocycles. The van der Waals surface area contributed by atoms with Crippen molar-refractivity contribution in [3.8, 4) is 11.5 Å². The van der Waals surface area contributed by atoms with Crippen LogP contribution in [0.1, 0.15) is 51.9 Å². The Morgan fingerprint density at radius 1 is 1.00 bits per heavy atom. The molecule has 92 valence electrons. The van der Waals surface area contributed by atoms with Crippen molar-refractivity contribution in [2.24, 2.45) is 0 Å². The molecule has 0 aliphatic carbocycles. The van der Waals surface area contributed by atoms with Gasteiger partial charge in [-0.3, -0.25) is 4.79 Å². The van der Waals surface area contributed by atoms with Crippen LogP contribution in [0.15, 0.2) is 0 Å². The van der Waals surface area contributed by atoms with Crippen LogP contribution in [0.25, 0.3) is 0 Å². The molecule has 0 fully saturated rings. The van der Waals surface area contributed by atoms with Gasteiger partial charge in [-0.2, -0.15) is 0 Å². The van der Waals surface area contributed by atoms with Crippen molar-refractivity contribution in [1.82, 2.24) is 0 Å². The van der Waals surface area contributed by atoms with Crippen LogP contribution in [0.3, 0.4) is 0 Å². The molecule has 0 aliphatic rings. The summed E-state index contributed by atoms with van der Waals surface area (Å²) >= 11 is 0. The summed E-state index contributed by atoms with van der Waals surface area (Å²) in [6.45, 7) is 8.71. The molecule has 0 aromatic rings. The average molecular weight is 238 g/mol.